The molecule has 0 aliphatic rings. The molecule has 1 rings (SSSR count). The van der Waals surface area contributed by atoms with Crippen LogP contribution in [0.2, 0.25) is 0 Å². The van der Waals surface area contributed by atoms with Crippen LogP contribution in [0.1, 0.15) is 5.56 Å². The molecule has 0 fully saturated rings. The first-order valence-corrected chi connectivity index (χ1v) is 5.22. The van der Waals surface area contributed by atoms with E-state index in [1.165, 1.54) is 31.0 Å². The summed E-state index contributed by atoms with van der Waals surface area (Å²) in [5.74, 6) is 0.265. The maximum absolute atomic E-state index is 13.1. The van der Waals surface area contributed by atoms with E-state index in [1.807, 2.05) is 11.7 Å². The number of hydroxylamine groups is 1. The fraction of sp³-hybridized carbons (Fsp3) is 0.333. The molecule has 14 heavy (non-hydrogen) atoms. The highest BCUT2D eigenvalue weighted by atomic mass is 32.2. The van der Waals surface area contributed by atoms with Crippen LogP contribution in [-0.4, -0.2) is 18.6 Å². The van der Waals surface area contributed by atoms with Crippen LogP contribution in [0.5, 0.6) is 5.75 Å². The Morgan fingerprint density at radius 1 is 1.57 bits per heavy atom. The topological polar surface area (TPSA) is 41.5 Å². The molecule has 5 heteroatoms. The molecule has 0 amide bonds. The molecule has 78 valence electrons. The second kappa shape index (κ2) is 5.19. The van der Waals surface area contributed by atoms with Crippen LogP contribution >= 0.6 is 11.8 Å². The molecule has 0 atom stereocenters. The van der Waals surface area contributed by atoms with E-state index in [4.69, 9.17) is 9.94 Å². The Kier molecular flexibility index (Phi) is 4.19. The van der Waals surface area contributed by atoms with Gasteiger partial charge in [0.2, 0.25) is 0 Å². The third-order valence-corrected chi connectivity index (χ3v) is 2.53. The number of hydrogen-bond acceptors (Lipinski definition) is 4. The Morgan fingerprint density at radius 3 is 2.79 bits per heavy atom. The summed E-state index contributed by atoms with van der Waals surface area (Å²) in [6.07, 6.45) is 1.84. The summed E-state index contributed by atoms with van der Waals surface area (Å²) in [5.41, 5.74) is 2.58. The van der Waals surface area contributed by atoms with Gasteiger partial charge in [-0.2, -0.15) is 0 Å². The van der Waals surface area contributed by atoms with Gasteiger partial charge in [-0.05, 0) is 18.4 Å². The zero-order valence-corrected chi connectivity index (χ0v) is 8.82. The Morgan fingerprint density at radius 2 is 2.29 bits per heavy atom. The lowest BCUT2D eigenvalue weighted by molar-refractivity contribution is 0.160. The summed E-state index contributed by atoms with van der Waals surface area (Å²) >= 11 is 1.40. The van der Waals surface area contributed by atoms with Gasteiger partial charge in [0, 0.05) is 12.1 Å². The molecule has 0 unspecified atom stereocenters. The quantitative estimate of drug-likeness (QED) is 0.598. The Balaban J connectivity index is 3.17. The first-order chi connectivity index (χ1) is 6.72. The SMILES string of the molecule is COc1c(CNO)cc(F)cc1SC. The van der Waals surface area contributed by atoms with Gasteiger partial charge in [0.05, 0.1) is 12.0 Å². The summed E-state index contributed by atoms with van der Waals surface area (Å²) in [7, 11) is 1.52. The number of methoxy groups -OCH3 is 1. The average Bonchev–Trinajstić information content (AvgIpc) is 2.17. The minimum Gasteiger partial charge on any atom is -0.495 e. The van der Waals surface area contributed by atoms with E-state index in [2.05, 4.69) is 0 Å². The number of benzene rings is 1. The van der Waals surface area contributed by atoms with Crippen LogP contribution in [-0.2, 0) is 6.54 Å². The van der Waals surface area contributed by atoms with E-state index < -0.39 is 0 Å². The van der Waals surface area contributed by atoms with E-state index >= 15 is 0 Å². The highest BCUT2D eigenvalue weighted by Gasteiger charge is 2.10. The minimum atomic E-state index is -0.333. The fourth-order valence-corrected chi connectivity index (χ4v) is 1.85. The van der Waals surface area contributed by atoms with Crippen LogP contribution in [0.25, 0.3) is 0 Å². The lowest BCUT2D eigenvalue weighted by Gasteiger charge is -2.11. The predicted octanol–water partition coefficient (Wildman–Crippen LogP) is 2.04. The molecule has 0 saturated heterocycles. The predicted molar refractivity (Wildman–Crippen MR) is 53.4 cm³/mol. The number of halogens is 1. The van der Waals surface area contributed by atoms with Gasteiger partial charge in [0.25, 0.3) is 0 Å². The first kappa shape index (κ1) is 11.3. The molecule has 3 nitrogen and oxygen atoms in total. The van der Waals surface area contributed by atoms with Crippen molar-refractivity contribution in [2.75, 3.05) is 13.4 Å². The molecule has 0 bridgehead atoms. The molecule has 0 saturated carbocycles. The van der Waals surface area contributed by atoms with Gasteiger partial charge in [-0.25, -0.2) is 9.87 Å². The van der Waals surface area contributed by atoms with Gasteiger partial charge in [-0.3, -0.25) is 0 Å². The summed E-state index contributed by atoms with van der Waals surface area (Å²) in [5, 5.41) is 8.56. The smallest absolute Gasteiger partial charge is 0.137 e. The summed E-state index contributed by atoms with van der Waals surface area (Å²) in [4.78, 5) is 0.720. The lowest BCUT2D eigenvalue weighted by atomic mass is 10.2. The van der Waals surface area contributed by atoms with E-state index in [9.17, 15) is 4.39 Å². The molecule has 1 aromatic rings. The van der Waals surface area contributed by atoms with Gasteiger partial charge in [0.1, 0.15) is 11.6 Å². The van der Waals surface area contributed by atoms with Gasteiger partial charge in [-0.15, -0.1) is 11.8 Å². The summed E-state index contributed by atoms with van der Waals surface area (Å²) in [6, 6.07) is 2.74. The molecular weight excluding hydrogens is 205 g/mol. The normalized spacial score (nSPS) is 10.3. The van der Waals surface area contributed by atoms with Gasteiger partial charge >= 0.3 is 0 Å². The van der Waals surface area contributed by atoms with Crippen molar-refractivity contribution in [3.63, 3.8) is 0 Å². The monoisotopic (exact) mass is 217 g/mol. The van der Waals surface area contributed by atoms with Crippen molar-refractivity contribution in [3.05, 3.63) is 23.5 Å². The van der Waals surface area contributed by atoms with E-state index in [0.29, 0.717) is 11.3 Å². The molecule has 0 radical (unpaired) electrons. The number of hydrogen-bond donors (Lipinski definition) is 2. The molecule has 0 heterocycles. The summed E-state index contributed by atoms with van der Waals surface area (Å²) in [6.45, 7) is 0.161. The second-order valence-electron chi connectivity index (χ2n) is 2.64. The van der Waals surface area contributed by atoms with Crippen molar-refractivity contribution in [1.82, 2.24) is 5.48 Å². The Bertz CT molecular complexity index is 320. The van der Waals surface area contributed by atoms with Crippen LogP contribution in [0.4, 0.5) is 4.39 Å². The van der Waals surface area contributed by atoms with E-state index in [1.54, 1.807) is 0 Å². The van der Waals surface area contributed by atoms with Crippen molar-refractivity contribution in [3.8, 4) is 5.75 Å². The van der Waals surface area contributed by atoms with Crippen LogP contribution in [0.15, 0.2) is 17.0 Å². The standard InChI is InChI=1S/C9H12FNO2S/c1-13-9-6(5-11-12)3-7(10)4-8(9)14-2/h3-4,11-12H,5H2,1-2H3. The molecule has 1 aromatic carbocycles. The minimum absolute atomic E-state index is 0.161. The van der Waals surface area contributed by atoms with Crippen LogP contribution in [0.3, 0.4) is 0 Å². The van der Waals surface area contributed by atoms with Crippen molar-refractivity contribution in [2.45, 2.75) is 11.4 Å². The van der Waals surface area contributed by atoms with Crippen LogP contribution in [0, 0.1) is 5.82 Å². The molecular formula is C9H12FNO2S. The van der Waals surface area contributed by atoms with Crippen molar-refractivity contribution < 1.29 is 14.3 Å². The third-order valence-electron chi connectivity index (χ3n) is 1.79. The van der Waals surface area contributed by atoms with Gasteiger partial charge in [0.15, 0.2) is 0 Å². The maximum Gasteiger partial charge on any atom is 0.137 e. The van der Waals surface area contributed by atoms with Crippen molar-refractivity contribution >= 4 is 11.8 Å². The largest absolute Gasteiger partial charge is 0.495 e. The van der Waals surface area contributed by atoms with E-state index in [-0.39, 0.29) is 12.4 Å². The second-order valence-corrected chi connectivity index (χ2v) is 3.48. The van der Waals surface area contributed by atoms with Crippen LogP contribution < -0.4 is 10.2 Å². The van der Waals surface area contributed by atoms with Gasteiger partial charge < -0.3 is 9.94 Å². The molecule has 0 aliphatic heterocycles. The molecule has 2 N–H and O–H groups in total. The number of thioether (sulfide) groups is 1. The number of rotatable bonds is 4. The van der Waals surface area contributed by atoms with E-state index in [0.717, 1.165) is 4.90 Å². The first-order valence-electron chi connectivity index (χ1n) is 4.00. The lowest BCUT2D eigenvalue weighted by Crippen LogP contribution is -2.08. The Labute approximate surface area is 86.2 Å². The fourth-order valence-electron chi connectivity index (χ4n) is 1.22. The highest BCUT2D eigenvalue weighted by molar-refractivity contribution is 7.98. The van der Waals surface area contributed by atoms with Crippen molar-refractivity contribution in [2.24, 2.45) is 0 Å². The van der Waals surface area contributed by atoms with Gasteiger partial charge in [-0.1, -0.05) is 0 Å². The molecule has 0 aromatic heterocycles. The third kappa shape index (κ3) is 2.37. The molecule has 0 spiro atoms. The zero-order chi connectivity index (χ0) is 10.6. The molecule has 0 aliphatic carbocycles. The number of nitrogens with one attached hydrogen (secondary N) is 1. The highest BCUT2D eigenvalue weighted by Crippen LogP contribution is 2.32. The summed E-state index contributed by atoms with van der Waals surface area (Å²) < 4.78 is 18.2. The zero-order valence-electron chi connectivity index (χ0n) is 8.00. The number of ether oxygens (including phenoxy) is 1. The average molecular weight is 217 g/mol. The van der Waals surface area contributed by atoms with Crippen molar-refractivity contribution in [1.29, 1.82) is 0 Å². The Hall–Kier alpha value is -0.780. The maximum atomic E-state index is 13.1.